The van der Waals surface area contributed by atoms with Crippen LogP contribution in [-0.4, -0.2) is 23.2 Å². The predicted octanol–water partition coefficient (Wildman–Crippen LogP) is 2.20. The highest BCUT2D eigenvalue weighted by molar-refractivity contribution is 6.03. The second kappa shape index (κ2) is 4.81. The summed E-state index contributed by atoms with van der Waals surface area (Å²) in [4.78, 5) is 13.9. The Morgan fingerprint density at radius 3 is 2.68 bits per heavy atom. The van der Waals surface area contributed by atoms with Gasteiger partial charge in [0.2, 0.25) is 0 Å². The summed E-state index contributed by atoms with van der Waals surface area (Å²) in [7, 11) is 0. The number of aromatic hydroxyl groups is 1. The van der Waals surface area contributed by atoms with Crippen molar-refractivity contribution < 1.29 is 14.6 Å². The number of nitrogens with zero attached hydrogens (tertiary/aromatic N) is 2. The molecule has 0 saturated heterocycles. The van der Waals surface area contributed by atoms with E-state index in [0.29, 0.717) is 24.3 Å². The number of ether oxygens (including phenoxy) is 1. The Morgan fingerprint density at radius 1 is 1.42 bits per heavy atom. The summed E-state index contributed by atoms with van der Waals surface area (Å²) >= 11 is 0. The van der Waals surface area contributed by atoms with Crippen LogP contribution in [0.2, 0.25) is 0 Å². The number of hydrogen-bond acceptors (Lipinski definition) is 4. The molecule has 2 rings (SSSR count). The van der Waals surface area contributed by atoms with Crippen LogP contribution in [0.15, 0.2) is 18.2 Å². The molecule has 100 valence electrons. The Bertz CT molecular complexity index is 544. The number of carbonyl (C=O) groups is 1. The van der Waals surface area contributed by atoms with E-state index in [2.05, 4.69) is 0 Å². The summed E-state index contributed by atoms with van der Waals surface area (Å²) in [5.41, 5.74) is -0.468. The molecule has 5 heteroatoms. The molecule has 1 aromatic rings. The largest absolute Gasteiger partial charge is 0.508 e. The van der Waals surface area contributed by atoms with Crippen LogP contribution in [0.3, 0.4) is 0 Å². The molecule has 0 fully saturated rings. The molecule has 0 aromatic heterocycles. The number of rotatable bonds is 3. The van der Waals surface area contributed by atoms with Gasteiger partial charge in [0.05, 0.1) is 11.8 Å². The van der Waals surface area contributed by atoms with Gasteiger partial charge in [-0.2, -0.15) is 5.26 Å². The van der Waals surface area contributed by atoms with Crippen LogP contribution < -0.4 is 9.64 Å². The SMILES string of the molecule is CCC1(CC)Oc2ccc(O)cc2N(CC#N)C1=O. The Morgan fingerprint density at radius 2 is 2.11 bits per heavy atom. The highest BCUT2D eigenvalue weighted by Gasteiger charge is 2.45. The van der Waals surface area contributed by atoms with E-state index in [1.807, 2.05) is 19.9 Å². The molecule has 0 aliphatic carbocycles. The molecule has 0 saturated carbocycles. The maximum absolute atomic E-state index is 12.5. The van der Waals surface area contributed by atoms with Gasteiger partial charge in [-0.1, -0.05) is 13.8 Å². The molecular formula is C14H16N2O3. The number of carbonyl (C=O) groups excluding carboxylic acids is 1. The fraction of sp³-hybridized carbons (Fsp3) is 0.429. The molecule has 0 atom stereocenters. The molecule has 1 heterocycles. The Balaban J connectivity index is 2.56. The summed E-state index contributed by atoms with van der Waals surface area (Å²) in [5.74, 6) is 0.340. The molecule has 19 heavy (non-hydrogen) atoms. The van der Waals surface area contributed by atoms with E-state index in [1.54, 1.807) is 6.07 Å². The van der Waals surface area contributed by atoms with E-state index < -0.39 is 5.60 Å². The van der Waals surface area contributed by atoms with Crippen molar-refractivity contribution in [2.45, 2.75) is 32.3 Å². The van der Waals surface area contributed by atoms with Crippen LogP contribution in [0.5, 0.6) is 11.5 Å². The van der Waals surface area contributed by atoms with Gasteiger partial charge in [0.1, 0.15) is 18.0 Å². The van der Waals surface area contributed by atoms with E-state index in [4.69, 9.17) is 10.00 Å². The van der Waals surface area contributed by atoms with Crippen molar-refractivity contribution in [3.63, 3.8) is 0 Å². The minimum atomic E-state index is -0.916. The second-order valence-electron chi connectivity index (χ2n) is 4.50. The summed E-state index contributed by atoms with van der Waals surface area (Å²) in [6.07, 6.45) is 1.06. The lowest BCUT2D eigenvalue weighted by molar-refractivity contribution is -0.136. The molecule has 0 spiro atoms. The van der Waals surface area contributed by atoms with Gasteiger partial charge in [-0.05, 0) is 25.0 Å². The van der Waals surface area contributed by atoms with Crippen LogP contribution in [0.4, 0.5) is 5.69 Å². The summed E-state index contributed by atoms with van der Waals surface area (Å²) in [6, 6.07) is 6.56. The standard InChI is InChI=1S/C14H16N2O3/c1-3-14(4-2)13(18)16(8-7-15)11-9-10(17)5-6-12(11)19-14/h5-6,9,17H,3-4,8H2,1-2H3. The molecule has 1 aliphatic rings. The smallest absolute Gasteiger partial charge is 0.272 e. The predicted molar refractivity (Wildman–Crippen MR) is 70.0 cm³/mol. The second-order valence-corrected chi connectivity index (χ2v) is 4.50. The van der Waals surface area contributed by atoms with Crippen molar-refractivity contribution in [2.24, 2.45) is 0 Å². The van der Waals surface area contributed by atoms with Crippen molar-refractivity contribution in [2.75, 3.05) is 11.4 Å². The normalized spacial score (nSPS) is 16.5. The van der Waals surface area contributed by atoms with Gasteiger partial charge in [0.15, 0.2) is 5.60 Å². The molecular weight excluding hydrogens is 244 g/mol. The zero-order valence-corrected chi connectivity index (χ0v) is 11.0. The van der Waals surface area contributed by atoms with Gasteiger partial charge in [-0.3, -0.25) is 9.69 Å². The first kappa shape index (κ1) is 13.2. The van der Waals surface area contributed by atoms with Gasteiger partial charge in [-0.25, -0.2) is 0 Å². The number of benzene rings is 1. The number of amides is 1. The average molecular weight is 260 g/mol. The highest BCUT2D eigenvalue weighted by atomic mass is 16.5. The molecule has 5 nitrogen and oxygen atoms in total. The van der Waals surface area contributed by atoms with E-state index in [1.165, 1.54) is 17.0 Å². The number of fused-ring (bicyclic) bond motifs is 1. The molecule has 1 amide bonds. The molecule has 1 aliphatic heterocycles. The third-order valence-corrected chi connectivity index (χ3v) is 3.54. The van der Waals surface area contributed by atoms with Crippen molar-refractivity contribution in [1.29, 1.82) is 5.26 Å². The molecule has 1 aromatic carbocycles. The first-order valence-corrected chi connectivity index (χ1v) is 6.29. The van der Waals surface area contributed by atoms with Crippen molar-refractivity contribution >= 4 is 11.6 Å². The Kier molecular flexibility index (Phi) is 3.34. The maximum atomic E-state index is 12.5. The van der Waals surface area contributed by atoms with Gasteiger partial charge in [0.25, 0.3) is 5.91 Å². The summed E-state index contributed by atoms with van der Waals surface area (Å²) < 4.78 is 5.85. The summed E-state index contributed by atoms with van der Waals surface area (Å²) in [6.45, 7) is 3.72. The van der Waals surface area contributed by atoms with Crippen LogP contribution >= 0.6 is 0 Å². The maximum Gasteiger partial charge on any atom is 0.272 e. The minimum Gasteiger partial charge on any atom is -0.508 e. The molecule has 0 bridgehead atoms. The van der Waals surface area contributed by atoms with Gasteiger partial charge < -0.3 is 9.84 Å². The van der Waals surface area contributed by atoms with Gasteiger partial charge in [0, 0.05) is 6.07 Å². The number of phenols is 1. The lowest BCUT2D eigenvalue weighted by Crippen LogP contribution is -2.55. The van der Waals surface area contributed by atoms with Gasteiger partial charge >= 0.3 is 0 Å². The first-order chi connectivity index (χ1) is 9.07. The van der Waals surface area contributed by atoms with Crippen LogP contribution in [-0.2, 0) is 4.79 Å². The van der Waals surface area contributed by atoms with Gasteiger partial charge in [-0.15, -0.1) is 0 Å². The number of anilines is 1. The third-order valence-electron chi connectivity index (χ3n) is 3.54. The number of hydrogen-bond donors (Lipinski definition) is 1. The zero-order chi connectivity index (χ0) is 14.0. The molecule has 1 N–H and O–H groups in total. The fourth-order valence-electron chi connectivity index (χ4n) is 2.34. The lowest BCUT2D eigenvalue weighted by atomic mass is 9.92. The first-order valence-electron chi connectivity index (χ1n) is 6.29. The van der Waals surface area contributed by atoms with Crippen LogP contribution in [0.1, 0.15) is 26.7 Å². The van der Waals surface area contributed by atoms with E-state index in [0.717, 1.165) is 0 Å². The minimum absolute atomic E-state index is 0.0404. The number of nitriles is 1. The van der Waals surface area contributed by atoms with E-state index in [-0.39, 0.29) is 18.2 Å². The van der Waals surface area contributed by atoms with E-state index in [9.17, 15) is 9.90 Å². The zero-order valence-electron chi connectivity index (χ0n) is 11.0. The van der Waals surface area contributed by atoms with Crippen molar-refractivity contribution in [3.05, 3.63) is 18.2 Å². The Hall–Kier alpha value is -2.22. The van der Waals surface area contributed by atoms with Crippen LogP contribution in [0.25, 0.3) is 0 Å². The fourth-order valence-corrected chi connectivity index (χ4v) is 2.34. The average Bonchev–Trinajstić information content (AvgIpc) is 2.42. The molecule has 0 unspecified atom stereocenters. The van der Waals surface area contributed by atoms with Crippen LogP contribution in [0, 0.1) is 11.3 Å². The number of phenolic OH excluding ortho intramolecular Hbond substituents is 1. The topological polar surface area (TPSA) is 73.6 Å². The quantitative estimate of drug-likeness (QED) is 0.845. The monoisotopic (exact) mass is 260 g/mol. The summed E-state index contributed by atoms with van der Waals surface area (Å²) in [5, 5.41) is 18.4. The Labute approximate surface area is 112 Å². The third kappa shape index (κ3) is 1.99. The molecule has 0 radical (unpaired) electrons. The lowest BCUT2D eigenvalue weighted by Gasteiger charge is -2.41. The van der Waals surface area contributed by atoms with Crippen molar-refractivity contribution in [1.82, 2.24) is 0 Å². The highest BCUT2D eigenvalue weighted by Crippen LogP contribution is 2.41. The van der Waals surface area contributed by atoms with Crippen molar-refractivity contribution in [3.8, 4) is 17.6 Å². The van der Waals surface area contributed by atoms with E-state index >= 15 is 0 Å².